The van der Waals surface area contributed by atoms with E-state index in [2.05, 4.69) is 26.3 Å². The lowest BCUT2D eigenvalue weighted by Gasteiger charge is -2.15. The molecule has 12 heteroatoms. The number of benzene rings is 2. The smallest absolute Gasteiger partial charge is 0.234 e. The molecule has 4 aromatic rings. The Hall–Kier alpha value is -3.79. The van der Waals surface area contributed by atoms with E-state index in [0.717, 1.165) is 4.34 Å². The molecule has 0 fully saturated rings. The van der Waals surface area contributed by atoms with Crippen molar-refractivity contribution in [2.24, 2.45) is 0 Å². The summed E-state index contributed by atoms with van der Waals surface area (Å²) >= 11 is 3.87. The zero-order chi connectivity index (χ0) is 26.2. The molecule has 0 unspecified atom stereocenters. The van der Waals surface area contributed by atoms with Crippen LogP contribution in [0.3, 0.4) is 0 Å². The number of hydrogen-bond acceptors (Lipinski definition) is 11. The average molecular weight is 552 g/mol. The summed E-state index contributed by atoms with van der Waals surface area (Å²) in [4.78, 5) is 26.1. The lowest BCUT2D eigenvalue weighted by Crippen LogP contribution is -2.14. The van der Waals surface area contributed by atoms with Crippen molar-refractivity contribution < 1.29 is 19.0 Å². The van der Waals surface area contributed by atoms with Crippen LogP contribution < -0.4 is 19.5 Å². The Morgan fingerprint density at radius 2 is 1.81 bits per heavy atom. The number of nitrogens with zero attached hydrogens (tertiary/aromatic N) is 4. The van der Waals surface area contributed by atoms with Crippen molar-refractivity contribution in [2.75, 3.05) is 32.4 Å². The number of carbonyl (C=O) groups excluding carboxylic acids is 1. The van der Waals surface area contributed by atoms with Gasteiger partial charge in [-0.25, -0.2) is 15.0 Å². The van der Waals surface area contributed by atoms with E-state index in [1.54, 1.807) is 18.3 Å². The third-order valence-corrected chi connectivity index (χ3v) is 7.61. The maximum absolute atomic E-state index is 12.5. The first kappa shape index (κ1) is 26.3. The third kappa shape index (κ3) is 6.32. The van der Waals surface area contributed by atoms with Crippen molar-refractivity contribution in [1.29, 1.82) is 5.26 Å². The molecule has 0 aliphatic heterocycles. The molecule has 0 saturated carbocycles. The van der Waals surface area contributed by atoms with Crippen LogP contribution in [0, 0.1) is 11.3 Å². The Kier molecular flexibility index (Phi) is 8.84. The highest BCUT2D eigenvalue weighted by Crippen LogP contribution is 2.43. The van der Waals surface area contributed by atoms with Gasteiger partial charge in [-0.1, -0.05) is 30.0 Å². The van der Waals surface area contributed by atoms with Crippen LogP contribution in [0.5, 0.6) is 17.2 Å². The van der Waals surface area contributed by atoms with Crippen LogP contribution in [0.2, 0.25) is 0 Å². The van der Waals surface area contributed by atoms with Crippen molar-refractivity contribution in [3.8, 4) is 34.6 Å². The summed E-state index contributed by atoms with van der Waals surface area (Å²) in [5.41, 5.74) is 1.92. The van der Waals surface area contributed by atoms with Crippen LogP contribution in [0.25, 0.3) is 11.3 Å². The van der Waals surface area contributed by atoms with Gasteiger partial charge in [0, 0.05) is 22.8 Å². The molecule has 0 aliphatic carbocycles. The van der Waals surface area contributed by atoms with Gasteiger partial charge in [0.15, 0.2) is 21.0 Å². The molecule has 2 heterocycles. The summed E-state index contributed by atoms with van der Waals surface area (Å²) in [5.74, 6) is 1.14. The van der Waals surface area contributed by atoms with Gasteiger partial charge in [0.2, 0.25) is 11.7 Å². The number of ether oxygens (including phenoxy) is 3. The number of amides is 1. The molecule has 2 aromatic heterocycles. The highest BCUT2D eigenvalue weighted by Gasteiger charge is 2.22. The van der Waals surface area contributed by atoms with Crippen LogP contribution in [0.1, 0.15) is 5.56 Å². The molecular weight excluding hydrogens is 531 g/mol. The Balaban J connectivity index is 1.74. The molecule has 9 nitrogen and oxygen atoms in total. The van der Waals surface area contributed by atoms with Crippen LogP contribution in [-0.2, 0) is 4.79 Å². The Morgan fingerprint density at radius 3 is 2.41 bits per heavy atom. The standard InChI is InChI=1S/C25H21N5O4S3/c1-32-18-11-15(12-19(33-2)22(18)34-3)21-17(13-26)23(37-25-27-9-10-35-25)30-24(29-21)36-14-20(31)28-16-7-5-4-6-8-16/h4-12H,14H2,1-3H3,(H,28,31). The quantitative estimate of drug-likeness (QED) is 0.156. The second-order valence-corrected chi connectivity index (χ2v) is 10.2. The highest BCUT2D eigenvalue weighted by molar-refractivity contribution is 8.01. The van der Waals surface area contributed by atoms with Gasteiger partial charge in [-0.2, -0.15) is 5.26 Å². The summed E-state index contributed by atoms with van der Waals surface area (Å²) in [5, 5.41) is 15.6. The number of hydrogen-bond donors (Lipinski definition) is 1. The first-order valence-electron chi connectivity index (χ1n) is 10.7. The molecule has 0 saturated heterocycles. The molecule has 0 bridgehead atoms. The van der Waals surface area contributed by atoms with Gasteiger partial charge in [-0.15, -0.1) is 11.3 Å². The SMILES string of the molecule is COc1cc(-c2nc(SCC(=O)Nc3ccccc3)nc(Sc3nccs3)c2C#N)cc(OC)c1OC. The number of thiazole rings is 1. The zero-order valence-corrected chi connectivity index (χ0v) is 22.5. The Bertz CT molecular complexity index is 1400. The predicted octanol–water partition coefficient (Wildman–Crippen LogP) is 5.38. The van der Waals surface area contributed by atoms with Crippen LogP contribution in [-0.4, -0.2) is 47.9 Å². The number of aromatic nitrogens is 3. The van der Waals surface area contributed by atoms with E-state index in [9.17, 15) is 10.1 Å². The fraction of sp³-hybridized carbons (Fsp3) is 0.160. The number of nitriles is 1. The van der Waals surface area contributed by atoms with E-state index in [1.165, 1.54) is 56.2 Å². The van der Waals surface area contributed by atoms with E-state index in [0.29, 0.717) is 44.4 Å². The summed E-state index contributed by atoms with van der Waals surface area (Å²) in [6, 6.07) is 14.9. The van der Waals surface area contributed by atoms with Gasteiger partial charge >= 0.3 is 0 Å². The third-order valence-electron chi connectivity index (χ3n) is 4.89. The van der Waals surface area contributed by atoms with Gasteiger partial charge in [0.1, 0.15) is 16.7 Å². The van der Waals surface area contributed by atoms with Crippen molar-refractivity contribution in [3.63, 3.8) is 0 Å². The maximum atomic E-state index is 12.5. The first-order chi connectivity index (χ1) is 18.1. The minimum Gasteiger partial charge on any atom is -0.493 e. The number of para-hydroxylation sites is 1. The Labute approximate surface area is 226 Å². The van der Waals surface area contributed by atoms with Crippen molar-refractivity contribution in [3.05, 3.63) is 59.6 Å². The van der Waals surface area contributed by atoms with E-state index in [-0.39, 0.29) is 17.2 Å². The molecule has 188 valence electrons. The van der Waals surface area contributed by atoms with E-state index in [1.807, 2.05) is 35.7 Å². The summed E-state index contributed by atoms with van der Waals surface area (Å²) in [6.45, 7) is 0. The summed E-state index contributed by atoms with van der Waals surface area (Å²) in [6.07, 6.45) is 1.68. The highest BCUT2D eigenvalue weighted by atomic mass is 32.2. The summed E-state index contributed by atoms with van der Waals surface area (Å²) < 4.78 is 17.1. The average Bonchev–Trinajstić information content (AvgIpc) is 3.44. The summed E-state index contributed by atoms with van der Waals surface area (Å²) in [7, 11) is 4.55. The topological polar surface area (TPSA) is 119 Å². The zero-order valence-electron chi connectivity index (χ0n) is 20.0. The van der Waals surface area contributed by atoms with Crippen molar-refractivity contribution in [2.45, 2.75) is 14.5 Å². The molecule has 1 amide bonds. The minimum absolute atomic E-state index is 0.0802. The van der Waals surface area contributed by atoms with Gasteiger partial charge in [-0.3, -0.25) is 4.79 Å². The van der Waals surface area contributed by atoms with Crippen LogP contribution in [0.15, 0.2) is 68.6 Å². The maximum Gasteiger partial charge on any atom is 0.234 e. The fourth-order valence-electron chi connectivity index (χ4n) is 3.28. The van der Waals surface area contributed by atoms with E-state index >= 15 is 0 Å². The molecule has 4 rings (SSSR count). The Morgan fingerprint density at radius 1 is 1.08 bits per heavy atom. The minimum atomic E-state index is -0.201. The van der Waals surface area contributed by atoms with Gasteiger partial charge in [-0.05, 0) is 36.0 Å². The number of anilines is 1. The molecule has 37 heavy (non-hydrogen) atoms. The van der Waals surface area contributed by atoms with Crippen molar-refractivity contribution in [1.82, 2.24) is 15.0 Å². The molecule has 1 N–H and O–H groups in total. The van der Waals surface area contributed by atoms with Crippen LogP contribution in [0.4, 0.5) is 5.69 Å². The largest absolute Gasteiger partial charge is 0.493 e. The first-order valence-corrected chi connectivity index (χ1v) is 13.4. The second kappa shape index (κ2) is 12.4. The lowest BCUT2D eigenvalue weighted by atomic mass is 10.1. The normalized spacial score (nSPS) is 10.4. The van der Waals surface area contributed by atoms with E-state index in [4.69, 9.17) is 14.2 Å². The van der Waals surface area contributed by atoms with Crippen molar-refractivity contribution >= 4 is 46.5 Å². The van der Waals surface area contributed by atoms with Gasteiger partial charge < -0.3 is 19.5 Å². The predicted molar refractivity (Wildman–Crippen MR) is 144 cm³/mol. The molecule has 0 atom stereocenters. The number of nitrogens with one attached hydrogen (secondary N) is 1. The van der Waals surface area contributed by atoms with E-state index < -0.39 is 0 Å². The number of thioether (sulfide) groups is 1. The molecule has 0 radical (unpaired) electrons. The van der Waals surface area contributed by atoms with Gasteiger partial charge in [0.05, 0.1) is 32.8 Å². The molecular formula is C25H21N5O4S3. The fourth-order valence-corrected chi connectivity index (χ4v) is 5.59. The number of rotatable bonds is 10. The van der Waals surface area contributed by atoms with Gasteiger partial charge in [0.25, 0.3) is 0 Å². The number of methoxy groups -OCH3 is 3. The number of carbonyl (C=O) groups is 1. The lowest BCUT2D eigenvalue weighted by molar-refractivity contribution is -0.113. The van der Waals surface area contributed by atoms with Crippen LogP contribution >= 0.6 is 34.9 Å². The second-order valence-electron chi connectivity index (χ2n) is 7.16. The monoisotopic (exact) mass is 551 g/mol. The molecule has 0 aliphatic rings. The molecule has 2 aromatic carbocycles. The molecule has 0 spiro atoms.